The van der Waals surface area contributed by atoms with E-state index in [0.29, 0.717) is 11.6 Å². The van der Waals surface area contributed by atoms with E-state index in [9.17, 15) is 10.2 Å². The molecule has 4 aromatic carbocycles. The summed E-state index contributed by atoms with van der Waals surface area (Å²) in [7, 11) is 0. The van der Waals surface area contributed by atoms with E-state index < -0.39 is 0 Å². The molecule has 0 unspecified atom stereocenters. The summed E-state index contributed by atoms with van der Waals surface area (Å²) in [5, 5.41) is 37.0. The molecule has 0 saturated carbocycles. The Morgan fingerprint density at radius 1 is 0.481 bits per heavy atom. The maximum atomic E-state index is 9.83. The first-order chi connectivity index (χ1) is 25.8. The predicted molar refractivity (Wildman–Crippen MR) is 227 cm³/mol. The highest BCUT2D eigenvalue weighted by molar-refractivity contribution is 5.56. The number of hydrogen-bond donors (Lipinski definition) is 2. The van der Waals surface area contributed by atoms with Crippen molar-refractivity contribution in [2.24, 2.45) is 20.5 Å². The average molecular weight is 735 g/mol. The van der Waals surface area contributed by atoms with Gasteiger partial charge in [-0.2, -0.15) is 20.5 Å². The lowest BCUT2D eigenvalue weighted by Gasteiger charge is -2.15. The lowest BCUT2D eigenvalue weighted by atomic mass is 9.99. The highest BCUT2D eigenvalue weighted by Gasteiger charge is 2.13. The zero-order valence-electron chi connectivity index (χ0n) is 34.8. The number of azo groups is 2. The number of aryl methyl sites for hydroxylation is 5. The number of nitrogens with zero attached hydrogens (tertiary/aromatic N) is 4. The summed E-state index contributed by atoms with van der Waals surface area (Å²) in [5.74, 6) is 2.11. The van der Waals surface area contributed by atoms with E-state index >= 15 is 0 Å². The first-order valence-electron chi connectivity index (χ1n) is 20.1. The molecule has 4 aromatic rings. The highest BCUT2D eigenvalue weighted by Crippen LogP contribution is 2.36. The first kappa shape index (κ1) is 43.9. The maximum Gasteiger partial charge on any atom is 0.122 e. The Balaban J connectivity index is 0.000000320. The van der Waals surface area contributed by atoms with E-state index in [1.165, 1.54) is 74.5 Å². The normalized spacial score (nSPS) is 11.6. The summed E-state index contributed by atoms with van der Waals surface area (Å²) in [6.07, 6.45) is 13.4. The van der Waals surface area contributed by atoms with Gasteiger partial charge in [-0.1, -0.05) is 98.5 Å². The number of phenols is 2. The summed E-state index contributed by atoms with van der Waals surface area (Å²) in [6.45, 7) is 21.6. The maximum absolute atomic E-state index is 9.83. The second kappa shape index (κ2) is 22.6. The molecule has 4 rings (SSSR count). The Morgan fingerprint density at radius 3 is 1.50 bits per heavy atom. The molecule has 0 saturated heterocycles. The van der Waals surface area contributed by atoms with Crippen LogP contribution in [0, 0.1) is 34.6 Å². The molecule has 0 aliphatic heterocycles. The quantitative estimate of drug-likeness (QED) is 0.0786. The molecule has 0 aliphatic rings. The van der Waals surface area contributed by atoms with Crippen LogP contribution in [0.15, 0.2) is 81.1 Å². The number of hydrogen-bond acceptors (Lipinski definition) is 7. The van der Waals surface area contributed by atoms with Crippen molar-refractivity contribution in [3.05, 3.63) is 99.6 Å². The molecule has 0 radical (unpaired) electrons. The van der Waals surface area contributed by atoms with Crippen molar-refractivity contribution >= 4 is 22.7 Å². The van der Waals surface area contributed by atoms with Gasteiger partial charge in [-0.15, -0.1) is 0 Å². The van der Waals surface area contributed by atoms with Gasteiger partial charge in [0.1, 0.15) is 17.2 Å². The fourth-order valence-electron chi connectivity index (χ4n) is 6.12. The van der Waals surface area contributed by atoms with Gasteiger partial charge in [0.2, 0.25) is 0 Å². The van der Waals surface area contributed by atoms with E-state index in [2.05, 4.69) is 86.3 Å². The van der Waals surface area contributed by atoms with Crippen LogP contribution in [0.5, 0.6) is 17.2 Å². The van der Waals surface area contributed by atoms with Crippen LogP contribution in [0.3, 0.4) is 0 Å². The van der Waals surface area contributed by atoms with Gasteiger partial charge in [0.25, 0.3) is 0 Å². The van der Waals surface area contributed by atoms with Gasteiger partial charge < -0.3 is 14.9 Å². The van der Waals surface area contributed by atoms with Gasteiger partial charge in [0.15, 0.2) is 0 Å². The SMILES string of the molecule is CCCCCCCCCCCCOc1cc(C(C)C)c(N=Nc2ccc(C)c(C)c2)cc1C.Cc1cc(N=Nc2cc(C)c(O)cc2C(C)C)ccc1O. The van der Waals surface area contributed by atoms with E-state index in [0.717, 1.165) is 58.1 Å². The lowest BCUT2D eigenvalue weighted by molar-refractivity contribution is 0.302. The fourth-order valence-corrected chi connectivity index (χ4v) is 6.12. The summed E-state index contributed by atoms with van der Waals surface area (Å²) in [5.41, 5.74) is 10.6. The molecular formula is C47H66N4O3. The molecule has 54 heavy (non-hydrogen) atoms. The number of aromatic hydroxyl groups is 2. The van der Waals surface area contributed by atoms with Crippen molar-refractivity contribution in [3.63, 3.8) is 0 Å². The molecule has 292 valence electrons. The van der Waals surface area contributed by atoms with E-state index in [4.69, 9.17) is 4.74 Å². The van der Waals surface area contributed by atoms with Gasteiger partial charge in [0, 0.05) is 0 Å². The van der Waals surface area contributed by atoms with Gasteiger partial charge in [-0.05, 0) is 146 Å². The van der Waals surface area contributed by atoms with Crippen molar-refractivity contribution in [2.75, 3.05) is 6.61 Å². The monoisotopic (exact) mass is 735 g/mol. The number of phenolic OH excluding ortho intramolecular Hbond substituents is 2. The molecular weight excluding hydrogens is 669 g/mol. The Labute approximate surface area is 326 Å². The third-order valence-electron chi connectivity index (χ3n) is 9.89. The topological polar surface area (TPSA) is 99.1 Å². The number of ether oxygens (including phenoxy) is 1. The van der Waals surface area contributed by atoms with Gasteiger partial charge in [-0.25, -0.2) is 0 Å². The minimum atomic E-state index is 0.243. The van der Waals surface area contributed by atoms with Crippen LogP contribution in [-0.2, 0) is 0 Å². The molecule has 0 heterocycles. The predicted octanol–water partition coefficient (Wildman–Crippen LogP) is 15.7. The van der Waals surface area contributed by atoms with Crippen LogP contribution >= 0.6 is 0 Å². The zero-order valence-corrected chi connectivity index (χ0v) is 34.8. The van der Waals surface area contributed by atoms with Crippen molar-refractivity contribution in [1.29, 1.82) is 0 Å². The third-order valence-corrected chi connectivity index (χ3v) is 9.89. The fraction of sp³-hybridized carbons (Fsp3) is 0.489. The molecule has 7 heteroatoms. The van der Waals surface area contributed by atoms with Crippen molar-refractivity contribution in [1.82, 2.24) is 0 Å². The number of benzene rings is 4. The smallest absolute Gasteiger partial charge is 0.122 e. The molecule has 2 N–H and O–H groups in total. The van der Waals surface area contributed by atoms with E-state index in [1.807, 2.05) is 39.8 Å². The van der Waals surface area contributed by atoms with E-state index in [1.54, 1.807) is 24.3 Å². The molecule has 7 nitrogen and oxygen atoms in total. The Morgan fingerprint density at radius 2 is 0.963 bits per heavy atom. The van der Waals surface area contributed by atoms with Crippen LogP contribution in [0.1, 0.15) is 150 Å². The molecule has 0 fully saturated rings. The second-order valence-corrected chi connectivity index (χ2v) is 15.4. The van der Waals surface area contributed by atoms with Gasteiger partial charge in [0.05, 0.1) is 29.4 Å². The molecule has 0 atom stereocenters. The summed E-state index contributed by atoms with van der Waals surface area (Å²) >= 11 is 0. The largest absolute Gasteiger partial charge is 0.508 e. The molecule has 0 aromatic heterocycles. The van der Waals surface area contributed by atoms with Crippen LogP contribution in [-0.4, -0.2) is 16.8 Å². The minimum Gasteiger partial charge on any atom is -0.508 e. The van der Waals surface area contributed by atoms with Crippen molar-refractivity contribution in [3.8, 4) is 17.2 Å². The lowest BCUT2D eigenvalue weighted by Crippen LogP contribution is -2.00. The Hall–Kier alpha value is -4.52. The Kier molecular flexibility index (Phi) is 18.4. The minimum absolute atomic E-state index is 0.243. The molecule has 0 amide bonds. The zero-order chi connectivity index (χ0) is 39.6. The standard InChI is InChI=1S/C30H46N2O.C17H20N2O2/c1-7-8-9-10-11-12-13-14-15-16-19-33-30-22-28(23(2)3)29(21-26(30)6)32-31-27-18-17-24(4)25(5)20-27;1-10(2)14-9-17(21)12(4)8-15(14)19-18-13-5-6-16(20)11(3)7-13/h17-18,20-23H,7-16,19H2,1-6H3;5-10,20-21H,1-4H3. The third kappa shape index (κ3) is 14.4. The van der Waals surface area contributed by atoms with Crippen LogP contribution in [0.25, 0.3) is 0 Å². The highest BCUT2D eigenvalue weighted by atomic mass is 16.5. The first-order valence-corrected chi connectivity index (χ1v) is 20.1. The van der Waals surface area contributed by atoms with Crippen molar-refractivity contribution in [2.45, 2.75) is 145 Å². The van der Waals surface area contributed by atoms with Gasteiger partial charge in [-0.3, -0.25) is 0 Å². The number of rotatable bonds is 18. The van der Waals surface area contributed by atoms with Crippen LogP contribution in [0.2, 0.25) is 0 Å². The van der Waals surface area contributed by atoms with Crippen molar-refractivity contribution < 1.29 is 14.9 Å². The van der Waals surface area contributed by atoms with Gasteiger partial charge >= 0.3 is 0 Å². The molecule has 0 bridgehead atoms. The summed E-state index contributed by atoms with van der Waals surface area (Å²) in [4.78, 5) is 0. The van der Waals surface area contributed by atoms with Crippen LogP contribution in [0.4, 0.5) is 22.7 Å². The Bertz CT molecular complexity index is 1830. The molecule has 0 spiro atoms. The number of unbranched alkanes of at least 4 members (excludes halogenated alkanes) is 9. The molecule has 0 aliphatic carbocycles. The second-order valence-electron chi connectivity index (χ2n) is 15.4. The van der Waals surface area contributed by atoms with E-state index in [-0.39, 0.29) is 17.4 Å². The van der Waals surface area contributed by atoms with Crippen LogP contribution < -0.4 is 4.74 Å². The average Bonchev–Trinajstić information content (AvgIpc) is 3.13. The summed E-state index contributed by atoms with van der Waals surface area (Å²) in [6, 6.07) is 19.2. The summed E-state index contributed by atoms with van der Waals surface area (Å²) < 4.78 is 6.17.